The molecule has 0 aliphatic carbocycles. The summed E-state index contributed by atoms with van der Waals surface area (Å²) in [6, 6.07) is 4.14. The highest BCUT2D eigenvalue weighted by Crippen LogP contribution is 2.30. The predicted octanol–water partition coefficient (Wildman–Crippen LogP) is 2.91. The second-order valence-corrected chi connectivity index (χ2v) is 5.21. The summed E-state index contributed by atoms with van der Waals surface area (Å²) in [5.74, 6) is 0. The molecule has 84 valence electrons. The van der Waals surface area contributed by atoms with Crippen LogP contribution >= 0.6 is 11.3 Å². The summed E-state index contributed by atoms with van der Waals surface area (Å²) in [5.41, 5.74) is 0. The molecule has 0 saturated carbocycles. The Kier molecular flexibility index (Phi) is 3.78. The molecule has 0 radical (unpaired) electrons. The molecule has 1 aliphatic heterocycles. The van der Waals surface area contributed by atoms with Gasteiger partial charge < -0.3 is 9.84 Å². The Balaban J connectivity index is 2.02. The number of aliphatic hydroxyl groups is 1. The van der Waals surface area contributed by atoms with Gasteiger partial charge in [-0.2, -0.15) is 0 Å². The van der Waals surface area contributed by atoms with Crippen molar-refractivity contribution in [2.24, 2.45) is 0 Å². The van der Waals surface area contributed by atoms with Crippen LogP contribution < -0.4 is 0 Å². The average molecular weight is 226 g/mol. The molecule has 1 saturated heterocycles. The molecule has 1 fully saturated rings. The number of hydrogen-bond donors (Lipinski definition) is 1. The van der Waals surface area contributed by atoms with Crippen LogP contribution in [0.1, 0.15) is 42.0 Å². The zero-order valence-electron chi connectivity index (χ0n) is 9.11. The van der Waals surface area contributed by atoms with Crippen LogP contribution in [0.5, 0.6) is 0 Å². The van der Waals surface area contributed by atoms with Gasteiger partial charge in [0.25, 0.3) is 0 Å². The minimum absolute atomic E-state index is 0.0158. The van der Waals surface area contributed by atoms with Crippen molar-refractivity contribution in [3.05, 3.63) is 21.9 Å². The van der Waals surface area contributed by atoms with Gasteiger partial charge in [0.15, 0.2) is 0 Å². The van der Waals surface area contributed by atoms with E-state index in [1.54, 1.807) is 11.3 Å². The Bertz CT molecular complexity index is 302. The molecule has 1 aromatic rings. The van der Waals surface area contributed by atoms with Crippen molar-refractivity contribution in [2.75, 3.05) is 6.61 Å². The molecule has 1 aromatic heterocycles. The maximum absolute atomic E-state index is 10.1. The molecular weight excluding hydrogens is 208 g/mol. The number of aliphatic hydroxyl groups excluding tert-OH is 1. The van der Waals surface area contributed by atoms with Gasteiger partial charge in [-0.25, -0.2) is 0 Å². The largest absolute Gasteiger partial charge is 0.385 e. The predicted molar refractivity (Wildman–Crippen MR) is 62.2 cm³/mol. The van der Waals surface area contributed by atoms with E-state index in [9.17, 15) is 5.11 Å². The third kappa shape index (κ3) is 2.60. The fourth-order valence-corrected chi connectivity index (χ4v) is 2.93. The Morgan fingerprint density at radius 1 is 1.53 bits per heavy atom. The third-order valence-electron chi connectivity index (χ3n) is 2.89. The molecule has 0 aromatic carbocycles. The van der Waals surface area contributed by atoms with Crippen molar-refractivity contribution in [1.29, 1.82) is 0 Å². The van der Waals surface area contributed by atoms with Gasteiger partial charge in [0, 0.05) is 16.4 Å². The molecule has 2 atom stereocenters. The Labute approximate surface area is 94.9 Å². The maximum Gasteiger partial charge on any atom is 0.114 e. The van der Waals surface area contributed by atoms with Crippen LogP contribution in [-0.4, -0.2) is 17.8 Å². The lowest BCUT2D eigenvalue weighted by atomic mass is 10.0. The first-order chi connectivity index (χ1) is 7.31. The van der Waals surface area contributed by atoms with Crippen LogP contribution in [0, 0.1) is 0 Å². The first-order valence-corrected chi connectivity index (χ1v) is 6.51. The third-order valence-corrected chi connectivity index (χ3v) is 4.19. The lowest BCUT2D eigenvalue weighted by Gasteiger charge is -2.26. The molecule has 0 amide bonds. The minimum atomic E-state index is -0.421. The van der Waals surface area contributed by atoms with E-state index in [1.807, 2.05) is 6.07 Å². The highest BCUT2D eigenvalue weighted by Gasteiger charge is 2.24. The summed E-state index contributed by atoms with van der Waals surface area (Å²) in [4.78, 5) is 2.39. The number of rotatable bonds is 3. The van der Waals surface area contributed by atoms with Gasteiger partial charge in [0.05, 0.1) is 6.10 Å². The van der Waals surface area contributed by atoms with Gasteiger partial charge in [0.2, 0.25) is 0 Å². The first kappa shape index (κ1) is 11.1. The van der Waals surface area contributed by atoms with Crippen LogP contribution in [0.25, 0.3) is 0 Å². The Hall–Kier alpha value is -0.380. The van der Waals surface area contributed by atoms with Crippen LogP contribution in [0.15, 0.2) is 12.1 Å². The standard InChI is InChI=1S/C12H18O2S/c1-2-9-6-7-11(15-9)12(13)10-5-3-4-8-14-10/h6-7,10,12-13H,2-5,8H2,1H3. The molecule has 15 heavy (non-hydrogen) atoms. The Morgan fingerprint density at radius 3 is 3.00 bits per heavy atom. The van der Waals surface area contributed by atoms with Gasteiger partial charge in [-0.05, 0) is 37.8 Å². The van der Waals surface area contributed by atoms with E-state index in [0.717, 1.165) is 30.7 Å². The van der Waals surface area contributed by atoms with Crippen LogP contribution in [0.4, 0.5) is 0 Å². The van der Waals surface area contributed by atoms with Crippen LogP contribution in [0.2, 0.25) is 0 Å². The Morgan fingerprint density at radius 2 is 2.40 bits per heavy atom. The summed E-state index contributed by atoms with van der Waals surface area (Å²) in [5, 5.41) is 10.1. The number of hydrogen-bond acceptors (Lipinski definition) is 3. The van der Waals surface area contributed by atoms with Crippen molar-refractivity contribution in [3.63, 3.8) is 0 Å². The molecule has 3 heteroatoms. The number of thiophene rings is 1. The summed E-state index contributed by atoms with van der Waals surface area (Å²) in [6.07, 6.45) is 3.93. The minimum Gasteiger partial charge on any atom is -0.385 e. The lowest BCUT2D eigenvalue weighted by Crippen LogP contribution is -2.25. The van der Waals surface area contributed by atoms with Crippen molar-refractivity contribution in [1.82, 2.24) is 0 Å². The van der Waals surface area contributed by atoms with E-state index in [4.69, 9.17) is 4.74 Å². The molecule has 0 bridgehead atoms. The highest BCUT2D eigenvalue weighted by molar-refractivity contribution is 7.12. The normalized spacial score (nSPS) is 24.0. The van der Waals surface area contributed by atoms with Crippen LogP contribution in [0.3, 0.4) is 0 Å². The van der Waals surface area contributed by atoms with E-state index < -0.39 is 6.10 Å². The average Bonchev–Trinajstić information content (AvgIpc) is 2.78. The van der Waals surface area contributed by atoms with Crippen molar-refractivity contribution < 1.29 is 9.84 Å². The van der Waals surface area contributed by atoms with Gasteiger partial charge in [-0.1, -0.05) is 6.92 Å². The molecule has 2 heterocycles. The van der Waals surface area contributed by atoms with Gasteiger partial charge >= 0.3 is 0 Å². The van der Waals surface area contributed by atoms with Gasteiger partial charge in [-0.3, -0.25) is 0 Å². The van der Waals surface area contributed by atoms with E-state index in [2.05, 4.69) is 13.0 Å². The second-order valence-electron chi connectivity index (χ2n) is 4.01. The molecular formula is C12H18O2S. The zero-order valence-corrected chi connectivity index (χ0v) is 9.93. The SMILES string of the molecule is CCc1ccc(C(O)C2CCCCO2)s1. The fourth-order valence-electron chi connectivity index (χ4n) is 1.94. The zero-order chi connectivity index (χ0) is 10.7. The first-order valence-electron chi connectivity index (χ1n) is 5.69. The van der Waals surface area contributed by atoms with E-state index in [1.165, 1.54) is 11.3 Å². The van der Waals surface area contributed by atoms with E-state index >= 15 is 0 Å². The highest BCUT2D eigenvalue weighted by atomic mass is 32.1. The maximum atomic E-state index is 10.1. The molecule has 2 nitrogen and oxygen atoms in total. The van der Waals surface area contributed by atoms with Crippen molar-refractivity contribution in [3.8, 4) is 0 Å². The fraction of sp³-hybridized carbons (Fsp3) is 0.667. The molecule has 2 rings (SSSR count). The van der Waals surface area contributed by atoms with Crippen molar-refractivity contribution in [2.45, 2.75) is 44.8 Å². The number of ether oxygens (including phenoxy) is 1. The summed E-state index contributed by atoms with van der Waals surface area (Å²) < 4.78 is 5.59. The van der Waals surface area contributed by atoms with Crippen LogP contribution in [-0.2, 0) is 11.2 Å². The van der Waals surface area contributed by atoms with Gasteiger partial charge in [-0.15, -0.1) is 11.3 Å². The molecule has 0 spiro atoms. The second kappa shape index (κ2) is 5.10. The summed E-state index contributed by atoms with van der Waals surface area (Å²) in [6.45, 7) is 2.94. The quantitative estimate of drug-likeness (QED) is 0.858. The van der Waals surface area contributed by atoms with E-state index in [-0.39, 0.29) is 6.10 Å². The molecule has 1 N–H and O–H groups in total. The molecule has 2 unspecified atom stereocenters. The van der Waals surface area contributed by atoms with Gasteiger partial charge in [0.1, 0.15) is 6.10 Å². The monoisotopic (exact) mass is 226 g/mol. The number of aryl methyl sites for hydroxylation is 1. The molecule has 1 aliphatic rings. The lowest BCUT2D eigenvalue weighted by molar-refractivity contribution is -0.0620. The van der Waals surface area contributed by atoms with E-state index in [0.29, 0.717) is 0 Å². The van der Waals surface area contributed by atoms with Crippen molar-refractivity contribution >= 4 is 11.3 Å². The summed E-state index contributed by atoms with van der Waals surface area (Å²) >= 11 is 1.70. The topological polar surface area (TPSA) is 29.5 Å². The smallest absolute Gasteiger partial charge is 0.114 e. The summed E-state index contributed by atoms with van der Waals surface area (Å²) in [7, 11) is 0.